The largest absolute Gasteiger partial charge is 0.497 e. The van der Waals surface area contributed by atoms with E-state index in [1.165, 1.54) is 0 Å². The molecular weight excluding hydrogens is 224 g/mol. The molecule has 0 aliphatic carbocycles. The monoisotopic (exact) mass is 234 g/mol. The zero-order valence-electron chi connectivity index (χ0n) is 8.77. The minimum atomic E-state index is 0.408. The average Bonchev–Trinajstić information content (AvgIpc) is 2.28. The molecule has 0 aliphatic heterocycles. The van der Waals surface area contributed by atoms with Crippen LogP contribution in [0.25, 0.3) is 11.3 Å². The summed E-state index contributed by atoms with van der Waals surface area (Å²) in [7, 11) is 1.62. The number of nitrogen functional groups attached to an aromatic ring is 1. The summed E-state index contributed by atoms with van der Waals surface area (Å²) in [4.78, 5) is 4.22. The molecule has 0 bridgehead atoms. The average molecular weight is 235 g/mol. The van der Waals surface area contributed by atoms with Gasteiger partial charge in [-0.05, 0) is 24.3 Å². The molecular formula is C12H11ClN2O. The molecule has 2 rings (SSSR count). The van der Waals surface area contributed by atoms with Gasteiger partial charge in [0.2, 0.25) is 0 Å². The minimum Gasteiger partial charge on any atom is -0.497 e. The standard InChI is InChI=1S/C12H11ClN2O/c1-16-10-4-2-3-8(5-10)11-6-9(13)7-12(14)15-11/h2-7H,1H3,(H2,14,15). The van der Waals surface area contributed by atoms with Gasteiger partial charge in [-0.1, -0.05) is 23.7 Å². The Labute approximate surface area is 98.8 Å². The first-order chi connectivity index (χ1) is 7.69. The highest BCUT2D eigenvalue weighted by Crippen LogP contribution is 2.25. The Morgan fingerprint density at radius 1 is 1.25 bits per heavy atom. The van der Waals surface area contributed by atoms with E-state index in [0.29, 0.717) is 10.8 Å². The predicted octanol–water partition coefficient (Wildman–Crippen LogP) is 2.99. The number of anilines is 1. The Bertz CT molecular complexity index is 494. The number of benzene rings is 1. The van der Waals surface area contributed by atoms with Gasteiger partial charge in [0.15, 0.2) is 0 Å². The van der Waals surface area contributed by atoms with Gasteiger partial charge in [-0.3, -0.25) is 0 Å². The van der Waals surface area contributed by atoms with Crippen molar-refractivity contribution in [1.29, 1.82) is 0 Å². The van der Waals surface area contributed by atoms with Gasteiger partial charge < -0.3 is 10.5 Å². The number of nitrogens with zero attached hydrogens (tertiary/aromatic N) is 1. The first-order valence-electron chi connectivity index (χ1n) is 4.76. The summed E-state index contributed by atoms with van der Waals surface area (Å²) < 4.78 is 5.14. The van der Waals surface area contributed by atoms with Crippen LogP contribution in [0.15, 0.2) is 36.4 Å². The quantitative estimate of drug-likeness (QED) is 0.869. The van der Waals surface area contributed by atoms with Gasteiger partial charge in [-0.25, -0.2) is 4.98 Å². The van der Waals surface area contributed by atoms with Crippen LogP contribution in [0.4, 0.5) is 5.82 Å². The van der Waals surface area contributed by atoms with Crippen molar-refractivity contribution in [2.75, 3.05) is 12.8 Å². The Morgan fingerprint density at radius 2 is 2.06 bits per heavy atom. The Morgan fingerprint density at radius 3 is 2.75 bits per heavy atom. The molecule has 0 unspecified atom stereocenters. The molecule has 0 radical (unpaired) electrons. The number of nitrogens with two attached hydrogens (primary N) is 1. The Kier molecular flexibility index (Phi) is 2.97. The van der Waals surface area contributed by atoms with E-state index < -0.39 is 0 Å². The fraction of sp³-hybridized carbons (Fsp3) is 0.0833. The van der Waals surface area contributed by atoms with Crippen LogP contribution in [0.3, 0.4) is 0 Å². The molecule has 82 valence electrons. The lowest BCUT2D eigenvalue weighted by Crippen LogP contribution is -1.92. The number of hydrogen-bond donors (Lipinski definition) is 1. The van der Waals surface area contributed by atoms with Crippen LogP contribution in [0, 0.1) is 0 Å². The maximum Gasteiger partial charge on any atom is 0.125 e. The molecule has 0 aliphatic rings. The van der Waals surface area contributed by atoms with Gasteiger partial charge in [-0.2, -0.15) is 0 Å². The molecule has 4 heteroatoms. The van der Waals surface area contributed by atoms with Gasteiger partial charge in [0.25, 0.3) is 0 Å². The van der Waals surface area contributed by atoms with E-state index >= 15 is 0 Å². The zero-order chi connectivity index (χ0) is 11.5. The van der Waals surface area contributed by atoms with E-state index in [-0.39, 0.29) is 0 Å². The van der Waals surface area contributed by atoms with Crippen molar-refractivity contribution >= 4 is 17.4 Å². The predicted molar refractivity (Wildman–Crippen MR) is 65.6 cm³/mol. The molecule has 0 saturated carbocycles. The van der Waals surface area contributed by atoms with E-state index in [4.69, 9.17) is 22.1 Å². The second-order valence-corrected chi connectivity index (χ2v) is 3.76. The van der Waals surface area contributed by atoms with Crippen molar-refractivity contribution in [2.45, 2.75) is 0 Å². The second kappa shape index (κ2) is 4.41. The molecule has 1 aromatic heterocycles. The summed E-state index contributed by atoms with van der Waals surface area (Å²) >= 11 is 5.92. The normalized spacial score (nSPS) is 10.1. The van der Waals surface area contributed by atoms with E-state index in [0.717, 1.165) is 17.0 Å². The van der Waals surface area contributed by atoms with Gasteiger partial charge in [0, 0.05) is 10.6 Å². The Balaban J connectivity index is 2.49. The maximum atomic E-state index is 5.92. The van der Waals surface area contributed by atoms with Gasteiger partial charge in [0.05, 0.1) is 12.8 Å². The molecule has 1 heterocycles. The second-order valence-electron chi connectivity index (χ2n) is 3.33. The van der Waals surface area contributed by atoms with Crippen molar-refractivity contribution in [3.63, 3.8) is 0 Å². The van der Waals surface area contributed by atoms with Crippen LogP contribution < -0.4 is 10.5 Å². The summed E-state index contributed by atoms with van der Waals surface area (Å²) in [6.45, 7) is 0. The summed E-state index contributed by atoms with van der Waals surface area (Å²) in [6, 6.07) is 11.0. The third-order valence-electron chi connectivity index (χ3n) is 2.18. The number of aromatic nitrogens is 1. The number of hydrogen-bond acceptors (Lipinski definition) is 3. The number of pyridine rings is 1. The summed E-state index contributed by atoms with van der Waals surface area (Å²) in [6.07, 6.45) is 0. The van der Waals surface area contributed by atoms with Gasteiger partial charge in [-0.15, -0.1) is 0 Å². The highest BCUT2D eigenvalue weighted by molar-refractivity contribution is 6.31. The molecule has 2 N–H and O–H groups in total. The Hall–Kier alpha value is -1.74. The molecule has 0 saturated heterocycles. The van der Waals surface area contributed by atoms with Crippen molar-refractivity contribution in [3.05, 3.63) is 41.4 Å². The molecule has 1 aromatic carbocycles. The third kappa shape index (κ3) is 2.25. The summed E-state index contributed by atoms with van der Waals surface area (Å²) in [5.41, 5.74) is 7.30. The molecule has 0 atom stereocenters. The highest BCUT2D eigenvalue weighted by atomic mass is 35.5. The molecule has 0 amide bonds. The molecule has 0 fully saturated rings. The maximum absolute atomic E-state index is 5.92. The fourth-order valence-electron chi connectivity index (χ4n) is 1.45. The highest BCUT2D eigenvalue weighted by Gasteiger charge is 2.03. The number of rotatable bonds is 2. The van der Waals surface area contributed by atoms with Crippen LogP contribution in [-0.4, -0.2) is 12.1 Å². The smallest absolute Gasteiger partial charge is 0.125 e. The zero-order valence-corrected chi connectivity index (χ0v) is 9.53. The van der Waals surface area contributed by atoms with E-state index in [1.807, 2.05) is 24.3 Å². The molecule has 16 heavy (non-hydrogen) atoms. The first-order valence-corrected chi connectivity index (χ1v) is 5.14. The molecule has 0 spiro atoms. The van der Waals surface area contributed by atoms with Crippen molar-refractivity contribution < 1.29 is 4.74 Å². The fourth-order valence-corrected chi connectivity index (χ4v) is 1.66. The summed E-state index contributed by atoms with van der Waals surface area (Å²) in [5.74, 6) is 1.18. The first kappa shape index (κ1) is 10.8. The van der Waals surface area contributed by atoms with Crippen LogP contribution >= 0.6 is 11.6 Å². The lowest BCUT2D eigenvalue weighted by atomic mass is 10.1. The van der Waals surface area contributed by atoms with E-state index in [1.54, 1.807) is 19.2 Å². The summed E-state index contributed by atoms with van der Waals surface area (Å²) in [5, 5.41) is 0.574. The lowest BCUT2D eigenvalue weighted by Gasteiger charge is -2.05. The third-order valence-corrected chi connectivity index (χ3v) is 2.39. The number of ether oxygens (including phenoxy) is 1. The van der Waals surface area contributed by atoms with E-state index in [9.17, 15) is 0 Å². The van der Waals surface area contributed by atoms with Gasteiger partial charge >= 0.3 is 0 Å². The lowest BCUT2D eigenvalue weighted by molar-refractivity contribution is 0.415. The van der Waals surface area contributed by atoms with Gasteiger partial charge in [0.1, 0.15) is 11.6 Å². The molecule has 2 aromatic rings. The van der Waals surface area contributed by atoms with Crippen molar-refractivity contribution in [2.24, 2.45) is 0 Å². The SMILES string of the molecule is COc1cccc(-c2cc(Cl)cc(N)n2)c1. The van der Waals surface area contributed by atoms with Crippen LogP contribution in [0.1, 0.15) is 0 Å². The number of methoxy groups -OCH3 is 1. The van der Waals surface area contributed by atoms with Crippen LogP contribution in [-0.2, 0) is 0 Å². The minimum absolute atomic E-state index is 0.408. The number of halogens is 1. The topological polar surface area (TPSA) is 48.1 Å². The van der Waals surface area contributed by atoms with Crippen molar-refractivity contribution in [1.82, 2.24) is 4.98 Å². The van der Waals surface area contributed by atoms with Crippen LogP contribution in [0.2, 0.25) is 5.02 Å². The van der Waals surface area contributed by atoms with E-state index in [2.05, 4.69) is 4.98 Å². The molecule has 3 nitrogen and oxygen atoms in total. The van der Waals surface area contributed by atoms with Crippen LogP contribution in [0.5, 0.6) is 5.75 Å². The van der Waals surface area contributed by atoms with Crippen molar-refractivity contribution in [3.8, 4) is 17.0 Å².